The van der Waals surface area contributed by atoms with Crippen molar-refractivity contribution in [2.45, 2.75) is 64.0 Å². The quantitative estimate of drug-likeness (QED) is 0.435. The van der Waals surface area contributed by atoms with Crippen molar-refractivity contribution in [3.8, 4) is 11.3 Å². The Kier molecular flexibility index (Phi) is 9.24. The minimum absolute atomic E-state index is 0.00220. The van der Waals surface area contributed by atoms with E-state index in [9.17, 15) is 18.0 Å². The van der Waals surface area contributed by atoms with Crippen LogP contribution in [0.15, 0.2) is 30.5 Å². The van der Waals surface area contributed by atoms with Crippen molar-refractivity contribution in [2.75, 3.05) is 38.3 Å². The summed E-state index contributed by atoms with van der Waals surface area (Å²) in [5.74, 6) is 2.10. The maximum Gasteiger partial charge on any atom is 0.411 e. The van der Waals surface area contributed by atoms with Gasteiger partial charge >= 0.3 is 6.09 Å². The number of H-pyrrole nitrogens is 1. The van der Waals surface area contributed by atoms with E-state index in [1.54, 1.807) is 22.6 Å². The van der Waals surface area contributed by atoms with Crippen LogP contribution < -0.4 is 11.1 Å². The molecule has 1 saturated carbocycles. The molecule has 1 unspecified atom stereocenters. The van der Waals surface area contributed by atoms with E-state index in [0.717, 1.165) is 62.0 Å². The average molecular weight is 601 g/mol. The summed E-state index contributed by atoms with van der Waals surface area (Å²) in [6, 6.07) is 7.39. The van der Waals surface area contributed by atoms with E-state index in [4.69, 9.17) is 10.7 Å². The predicted molar refractivity (Wildman–Crippen MR) is 161 cm³/mol. The molecule has 5 rings (SSSR count). The number of nitrogens with two attached hydrogens (primary N) is 1. The summed E-state index contributed by atoms with van der Waals surface area (Å²) >= 11 is 0. The molecule has 1 aromatic carbocycles. The zero-order chi connectivity index (χ0) is 30.0. The van der Waals surface area contributed by atoms with Crippen LogP contribution in [0.1, 0.15) is 63.7 Å². The number of carbonyl (C=O) groups excluding carboxylic acids is 2. The first kappa shape index (κ1) is 30.5. The molecule has 42 heavy (non-hydrogen) atoms. The number of piperidine rings is 1. The van der Waals surface area contributed by atoms with Crippen molar-refractivity contribution < 1.29 is 22.7 Å². The molecule has 4 N–H and O–H groups in total. The minimum Gasteiger partial charge on any atom is -0.453 e. The van der Waals surface area contributed by atoms with Gasteiger partial charge in [-0.2, -0.15) is 0 Å². The lowest BCUT2D eigenvalue weighted by Gasteiger charge is -2.34. The second-order valence-electron chi connectivity index (χ2n) is 12.3. The average Bonchev–Trinajstić information content (AvgIpc) is 3.65. The fourth-order valence-corrected chi connectivity index (χ4v) is 7.95. The molecular formula is C30H44N6O5S. The molecule has 3 fully saturated rings. The van der Waals surface area contributed by atoms with Crippen LogP contribution in [0.5, 0.6) is 0 Å². The number of anilines is 1. The minimum atomic E-state index is -3.19. The number of aromatic nitrogens is 2. The van der Waals surface area contributed by atoms with Gasteiger partial charge < -0.3 is 20.4 Å². The maximum atomic E-state index is 14.0. The van der Waals surface area contributed by atoms with Gasteiger partial charge in [-0.1, -0.05) is 12.1 Å². The second-order valence-corrected chi connectivity index (χ2v) is 14.3. The van der Waals surface area contributed by atoms with Crippen LogP contribution in [-0.2, 0) is 19.6 Å². The van der Waals surface area contributed by atoms with Gasteiger partial charge in [0.2, 0.25) is 15.9 Å². The number of nitrogens with zero attached hydrogens (tertiary/aromatic N) is 3. The summed E-state index contributed by atoms with van der Waals surface area (Å²) in [4.78, 5) is 35.8. The monoisotopic (exact) mass is 600 g/mol. The van der Waals surface area contributed by atoms with Gasteiger partial charge in [0.25, 0.3) is 0 Å². The highest BCUT2D eigenvalue weighted by molar-refractivity contribution is 7.88. The number of rotatable bonds is 7. The molecule has 2 aliphatic heterocycles. The Morgan fingerprint density at radius 1 is 1.07 bits per heavy atom. The SMILES string of the molecule is COC(=O)Nc1ccc(-c2cnc(C3C[C@H](C4CCN(S(C)(=O)=O)CC4)CN3C(=O)C3CCC([C@H](C)N)CC3)[nH]2)cc1. The van der Waals surface area contributed by atoms with Crippen molar-refractivity contribution in [2.24, 2.45) is 29.4 Å². The molecule has 1 aliphatic carbocycles. The zero-order valence-electron chi connectivity index (χ0n) is 24.8. The molecule has 3 heterocycles. The highest BCUT2D eigenvalue weighted by Crippen LogP contribution is 2.43. The second kappa shape index (κ2) is 12.7. The van der Waals surface area contributed by atoms with Crippen molar-refractivity contribution in [3.63, 3.8) is 0 Å². The Hall–Kier alpha value is -2.96. The lowest BCUT2D eigenvalue weighted by Crippen LogP contribution is -2.41. The third-order valence-corrected chi connectivity index (χ3v) is 11.0. The first-order valence-electron chi connectivity index (χ1n) is 15.0. The number of methoxy groups -OCH3 is 1. The molecule has 2 aromatic rings. The highest BCUT2D eigenvalue weighted by atomic mass is 32.2. The summed E-state index contributed by atoms with van der Waals surface area (Å²) in [6.07, 6.45) is 8.64. The van der Waals surface area contributed by atoms with Crippen LogP contribution >= 0.6 is 0 Å². The third-order valence-electron chi connectivity index (χ3n) is 9.65. The van der Waals surface area contributed by atoms with Crippen molar-refractivity contribution in [3.05, 3.63) is 36.3 Å². The fraction of sp³-hybridized carbons (Fsp3) is 0.633. The van der Waals surface area contributed by atoms with E-state index in [2.05, 4.69) is 26.9 Å². The van der Waals surface area contributed by atoms with Crippen molar-refractivity contribution in [1.82, 2.24) is 19.2 Å². The van der Waals surface area contributed by atoms with Crippen LogP contribution in [-0.4, -0.2) is 78.6 Å². The normalized spacial score (nSPS) is 26.6. The number of benzene rings is 1. The van der Waals surface area contributed by atoms with E-state index >= 15 is 0 Å². The lowest BCUT2D eigenvalue weighted by atomic mass is 9.78. The van der Waals surface area contributed by atoms with E-state index in [0.29, 0.717) is 43.1 Å². The van der Waals surface area contributed by atoms with E-state index in [-0.39, 0.29) is 23.9 Å². The predicted octanol–water partition coefficient (Wildman–Crippen LogP) is 3.97. The molecule has 11 nitrogen and oxygen atoms in total. The van der Waals surface area contributed by atoms with E-state index < -0.39 is 16.1 Å². The highest BCUT2D eigenvalue weighted by Gasteiger charge is 2.44. The number of sulfonamides is 1. The smallest absolute Gasteiger partial charge is 0.411 e. The number of carbonyl (C=O) groups is 2. The molecule has 0 bridgehead atoms. The van der Waals surface area contributed by atoms with Crippen molar-refractivity contribution >= 4 is 27.7 Å². The number of nitrogens with one attached hydrogen (secondary N) is 2. The maximum absolute atomic E-state index is 14.0. The topological polar surface area (TPSA) is 151 Å². The summed E-state index contributed by atoms with van der Waals surface area (Å²) < 4.78 is 30.3. The number of hydrogen-bond acceptors (Lipinski definition) is 7. The lowest BCUT2D eigenvalue weighted by molar-refractivity contribution is -0.138. The molecule has 2 amide bonds. The zero-order valence-corrected chi connectivity index (χ0v) is 25.6. The van der Waals surface area contributed by atoms with E-state index in [1.165, 1.54) is 13.4 Å². The fourth-order valence-electron chi connectivity index (χ4n) is 7.07. The molecule has 2 saturated heterocycles. The van der Waals surface area contributed by atoms with Gasteiger partial charge in [0.15, 0.2) is 0 Å². The van der Waals surface area contributed by atoms with Gasteiger partial charge in [-0.3, -0.25) is 10.1 Å². The van der Waals surface area contributed by atoms with Gasteiger partial charge in [0.1, 0.15) is 5.82 Å². The Morgan fingerprint density at radius 2 is 1.74 bits per heavy atom. The van der Waals surface area contributed by atoms with Gasteiger partial charge in [0.05, 0.1) is 31.3 Å². The first-order valence-corrected chi connectivity index (χ1v) is 16.9. The molecule has 0 spiro atoms. The standard InChI is InChI=1S/C30H44N6O5S/c1-19(31)20-4-6-23(7-5-20)29(37)36-18-24(21-12-14-35(15-13-21)42(3,39)40)16-27(36)28-32-17-26(34-28)22-8-10-25(11-9-22)33-30(38)41-2/h8-11,17,19-21,23-24,27H,4-7,12-16,18,31H2,1-3H3,(H,32,34)(H,33,38)/t19-,20?,23?,24-,27?/m0/s1. The first-order chi connectivity index (χ1) is 20.0. The largest absolute Gasteiger partial charge is 0.453 e. The molecule has 3 atom stereocenters. The van der Waals surface area contributed by atoms with Gasteiger partial charge in [-0.15, -0.1) is 0 Å². The molecular weight excluding hydrogens is 556 g/mol. The number of imidazole rings is 1. The summed E-state index contributed by atoms with van der Waals surface area (Å²) in [6.45, 7) is 3.79. The van der Waals surface area contributed by atoms with Gasteiger partial charge in [-0.05, 0) is 87.3 Å². The summed E-state index contributed by atoms with van der Waals surface area (Å²) in [5.41, 5.74) is 8.54. The molecule has 12 heteroatoms. The van der Waals surface area contributed by atoms with E-state index in [1.807, 2.05) is 12.1 Å². The van der Waals surface area contributed by atoms with Gasteiger partial charge in [-0.25, -0.2) is 22.5 Å². The Balaban J connectivity index is 1.33. The van der Waals surface area contributed by atoms with Crippen LogP contribution in [0.4, 0.5) is 10.5 Å². The van der Waals surface area contributed by atoms with Gasteiger partial charge in [0, 0.05) is 37.3 Å². The van der Waals surface area contributed by atoms with Crippen molar-refractivity contribution in [1.29, 1.82) is 0 Å². The number of ether oxygens (including phenoxy) is 1. The van der Waals surface area contributed by atoms with Crippen LogP contribution in [0, 0.1) is 23.7 Å². The Bertz CT molecular complexity index is 1340. The molecule has 3 aliphatic rings. The van der Waals surface area contributed by atoms with Crippen LogP contribution in [0.3, 0.4) is 0 Å². The van der Waals surface area contributed by atoms with Crippen LogP contribution in [0.25, 0.3) is 11.3 Å². The van der Waals surface area contributed by atoms with Crippen LogP contribution in [0.2, 0.25) is 0 Å². The number of amides is 2. The summed E-state index contributed by atoms with van der Waals surface area (Å²) in [5, 5.41) is 2.65. The molecule has 1 aromatic heterocycles. The molecule has 0 radical (unpaired) electrons. The summed E-state index contributed by atoms with van der Waals surface area (Å²) in [7, 11) is -1.87. The third kappa shape index (κ3) is 6.81. The Labute approximate surface area is 248 Å². The molecule has 230 valence electrons. The Morgan fingerprint density at radius 3 is 2.33 bits per heavy atom. The number of likely N-dealkylation sites (tertiary alicyclic amines) is 1. The number of hydrogen-bond donors (Lipinski definition) is 3. The number of aromatic amines is 1.